The summed E-state index contributed by atoms with van der Waals surface area (Å²) < 4.78 is 32.3. The molecule has 0 bridgehead atoms. The first-order chi connectivity index (χ1) is 15.3. The van der Waals surface area contributed by atoms with Crippen molar-refractivity contribution in [1.82, 2.24) is 9.62 Å². The van der Waals surface area contributed by atoms with Crippen LogP contribution in [0, 0.1) is 5.92 Å². The van der Waals surface area contributed by atoms with E-state index in [2.05, 4.69) is 10.0 Å². The molecule has 32 heavy (non-hydrogen) atoms. The largest absolute Gasteiger partial charge is 0.383 e. The zero-order chi connectivity index (χ0) is 23.1. The van der Waals surface area contributed by atoms with E-state index in [1.165, 1.54) is 31.4 Å². The Morgan fingerprint density at radius 1 is 1.16 bits per heavy atom. The number of ether oxygens (including phenoxy) is 1. The van der Waals surface area contributed by atoms with Gasteiger partial charge >= 0.3 is 0 Å². The molecule has 0 spiro atoms. The van der Waals surface area contributed by atoms with E-state index in [1.54, 1.807) is 11.8 Å². The van der Waals surface area contributed by atoms with Gasteiger partial charge in [0.05, 0.1) is 17.4 Å². The lowest BCUT2D eigenvalue weighted by molar-refractivity contribution is -0.128. The van der Waals surface area contributed by atoms with Crippen molar-refractivity contribution in [3.05, 3.63) is 60.2 Å². The average molecular weight is 460 g/mol. The number of methoxy groups -OCH3 is 1. The first-order valence-electron chi connectivity index (χ1n) is 10.5. The summed E-state index contributed by atoms with van der Waals surface area (Å²) in [4.78, 5) is 26.8. The SMILES string of the molecule is COCC(C)NS(=O)(=O)c1ccc(NC(=O)C2CC(=O)N(CCc3ccccc3)C2)cc1. The Kier molecular flexibility index (Phi) is 8.00. The Labute approximate surface area is 189 Å². The average Bonchev–Trinajstić information content (AvgIpc) is 3.14. The van der Waals surface area contributed by atoms with Crippen LogP contribution in [0.25, 0.3) is 0 Å². The third-order valence-corrected chi connectivity index (χ3v) is 6.91. The zero-order valence-corrected chi connectivity index (χ0v) is 19.1. The van der Waals surface area contributed by atoms with Crippen LogP contribution in [0.3, 0.4) is 0 Å². The smallest absolute Gasteiger partial charge is 0.240 e. The molecule has 1 aliphatic rings. The maximum atomic E-state index is 12.6. The number of benzene rings is 2. The van der Waals surface area contributed by atoms with Crippen LogP contribution >= 0.6 is 0 Å². The molecule has 0 aliphatic carbocycles. The molecule has 2 unspecified atom stereocenters. The molecule has 1 aliphatic heterocycles. The van der Waals surface area contributed by atoms with Crippen molar-refractivity contribution >= 4 is 27.5 Å². The minimum Gasteiger partial charge on any atom is -0.383 e. The zero-order valence-electron chi connectivity index (χ0n) is 18.3. The molecule has 2 aromatic carbocycles. The van der Waals surface area contributed by atoms with E-state index in [0.29, 0.717) is 18.8 Å². The van der Waals surface area contributed by atoms with Gasteiger partial charge in [-0.05, 0) is 43.2 Å². The summed E-state index contributed by atoms with van der Waals surface area (Å²) in [6.07, 6.45) is 0.919. The summed E-state index contributed by atoms with van der Waals surface area (Å²) in [5, 5.41) is 2.79. The maximum Gasteiger partial charge on any atom is 0.240 e. The van der Waals surface area contributed by atoms with Gasteiger partial charge in [-0.3, -0.25) is 9.59 Å². The van der Waals surface area contributed by atoms with E-state index < -0.39 is 15.9 Å². The van der Waals surface area contributed by atoms with Gasteiger partial charge in [0.2, 0.25) is 21.8 Å². The monoisotopic (exact) mass is 459 g/mol. The van der Waals surface area contributed by atoms with E-state index >= 15 is 0 Å². The number of sulfonamides is 1. The van der Waals surface area contributed by atoms with E-state index in [9.17, 15) is 18.0 Å². The first kappa shape index (κ1) is 23.9. The third kappa shape index (κ3) is 6.38. The van der Waals surface area contributed by atoms with Gasteiger partial charge in [-0.2, -0.15) is 0 Å². The summed E-state index contributed by atoms with van der Waals surface area (Å²) in [7, 11) is -2.18. The molecule has 1 saturated heterocycles. The Morgan fingerprint density at radius 3 is 2.50 bits per heavy atom. The molecular formula is C23H29N3O5S. The molecule has 2 aromatic rings. The van der Waals surface area contributed by atoms with Crippen molar-refractivity contribution in [2.45, 2.75) is 30.7 Å². The van der Waals surface area contributed by atoms with Gasteiger partial charge in [0.25, 0.3) is 0 Å². The standard InChI is InChI=1S/C23H29N3O5S/c1-17(16-31-2)25-32(29,30)21-10-8-20(9-11-21)24-23(28)19-14-22(27)26(15-19)13-12-18-6-4-3-5-7-18/h3-11,17,19,25H,12-16H2,1-2H3,(H,24,28). The van der Waals surface area contributed by atoms with Gasteiger partial charge in [0.15, 0.2) is 0 Å². The summed E-state index contributed by atoms with van der Waals surface area (Å²) in [5.74, 6) is -0.708. The van der Waals surface area contributed by atoms with Crippen molar-refractivity contribution < 1.29 is 22.7 Å². The van der Waals surface area contributed by atoms with E-state index in [4.69, 9.17) is 4.74 Å². The van der Waals surface area contributed by atoms with E-state index in [-0.39, 0.29) is 35.8 Å². The number of amides is 2. The topological polar surface area (TPSA) is 105 Å². The van der Waals surface area contributed by atoms with E-state index in [1.807, 2.05) is 30.3 Å². The predicted octanol–water partition coefficient (Wildman–Crippen LogP) is 2.03. The van der Waals surface area contributed by atoms with Crippen LogP contribution < -0.4 is 10.0 Å². The quantitative estimate of drug-likeness (QED) is 0.566. The molecule has 2 N–H and O–H groups in total. The second kappa shape index (κ2) is 10.7. The molecule has 9 heteroatoms. The Morgan fingerprint density at radius 2 is 1.84 bits per heavy atom. The molecule has 0 saturated carbocycles. The molecule has 172 valence electrons. The van der Waals surface area contributed by atoms with Crippen molar-refractivity contribution in [2.24, 2.45) is 5.92 Å². The second-order valence-electron chi connectivity index (χ2n) is 7.97. The number of rotatable bonds is 10. The van der Waals surface area contributed by atoms with E-state index in [0.717, 1.165) is 12.0 Å². The fraction of sp³-hybridized carbons (Fsp3) is 0.391. The van der Waals surface area contributed by atoms with Gasteiger partial charge < -0.3 is 15.0 Å². The number of anilines is 1. The molecular weight excluding hydrogens is 430 g/mol. The van der Waals surface area contributed by atoms with Crippen molar-refractivity contribution in [2.75, 3.05) is 32.1 Å². The van der Waals surface area contributed by atoms with Crippen LogP contribution in [0.2, 0.25) is 0 Å². The number of hydrogen-bond acceptors (Lipinski definition) is 5. The summed E-state index contributed by atoms with van der Waals surface area (Å²) in [5.41, 5.74) is 1.63. The second-order valence-corrected chi connectivity index (χ2v) is 9.68. The summed E-state index contributed by atoms with van der Waals surface area (Å²) in [6, 6.07) is 15.5. The highest BCUT2D eigenvalue weighted by atomic mass is 32.2. The number of carbonyl (C=O) groups excluding carboxylic acids is 2. The summed E-state index contributed by atoms with van der Waals surface area (Å²) in [6.45, 7) is 2.93. The summed E-state index contributed by atoms with van der Waals surface area (Å²) >= 11 is 0. The van der Waals surface area contributed by atoms with Crippen LogP contribution in [-0.4, -0.2) is 58.0 Å². The fourth-order valence-electron chi connectivity index (χ4n) is 3.65. The molecule has 3 rings (SSSR count). The number of nitrogens with one attached hydrogen (secondary N) is 2. The van der Waals surface area contributed by atoms with Crippen molar-refractivity contribution in [1.29, 1.82) is 0 Å². The fourth-order valence-corrected chi connectivity index (χ4v) is 4.88. The van der Waals surface area contributed by atoms with Crippen LogP contribution in [-0.2, 0) is 30.8 Å². The van der Waals surface area contributed by atoms with Gasteiger partial charge in [-0.15, -0.1) is 0 Å². The maximum absolute atomic E-state index is 12.6. The highest BCUT2D eigenvalue weighted by molar-refractivity contribution is 7.89. The Hall–Kier alpha value is -2.75. The minimum atomic E-state index is -3.68. The normalized spacial score (nSPS) is 17.4. The molecule has 0 radical (unpaired) electrons. The van der Waals surface area contributed by atoms with Crippen molar-refractivity contribution in [3.63, 3.8) is 0 Å². The van der Waals surface area contributed by atoms with Gasteiger partial charge in [0, 0.05) is 38.3 Å². The molecule has 2 amide bonds. The lowest BCUT2D eigenvalue weighted by Crippen LogP contribution is -2.35. The highest BCUT2D eigenvalue weighted by Crippen LogP contribution is 2.21. The first-order valence-corrected chi connectivity index (χ1v) is 12.0. The Bertz CT molecular complexity index is 1030. The van der Waals surface area contributed by atoms with Crippen molar-refractivity contribution in [3.8, 4) is 0 Å². The van der Waals surface area contributed by atoms with Crippen LogP contribution in [0.4, 0.5) is 5.69 Å². The highest BCUT2D eigenvalue weighted by Gasteiger charge is 2.34. The van der Waals surface area contributed by atoms with Crippen LogP contribution in [0.15, 0.2) is 59.5 Å². The number of carbonyl (C=O) groups is 2. The molecule has 1 heterocycles. The van der Waals surface area contributed by atoms with Crippen LogP contribution in [0.5, 0.6) is 0 Å². The third-order valence-electron chi connectivity index (χ3n) is 5.30. The van der Waals surface area contributed by atoms with Gasteiger partial charge in [0.1, 0.15) is 0 Å². The lowest BCUT2D eigenvalue weighted by Gasteiger charge is -2.17. The van der Waals surface area contributed by atoms with Gasteiger partial charge in [-0.25, -0.2) is 13.1 Å². The minimum absolute atomic E-state index is 0.0289. The van der Waals surface area contributed by atoms with Crippen LogP contribution in [0.1, 0.15) is 18.9 Å². The number of likely N-dealkylation sites (tertiary alicyclic amines) is 1. The predicted molar refractivity (Wildman–Crippen MR) is 122 cm³/mol. The molecule has 8 nitrogen and oxygen atoms in total. The lowest BCUT2D eigenvalue weighted by atomic mass is 10.1. The number of nitrogens with zero attached hydrogens (tertiary/aromatic N) is 1. The Balaban J connectivity index is 1.54. The number of hydrogen-bond donors (Lipinski definition) is 2. The molecule has 1 fully saturated rings. The van der Waals surface area contributed by atoms with Gasteiger partial charge in [-0.1, -0.05) is 30.3 Å². The molecule has 0 aromatic heterocycles. The molecule has 2 atom stereocenters.